The minimum atomic E-state index is -0.592. The van der Waals surface area contributed by atoms with E-state index in [0.717, 1.165) is 11.0 Å². The first-order valence-electron chi connectivity index (χ1n) is 8.24. The summed E-state index contributed by atoms with van der Waals surface area (Å²) in [7, 11) is 0. The Morgan fingerprint density at radius 3 is 2.33 bits per heavy atom. The summed E-state index contributed by atoms with van der Waals surface area (Å²) in [5.41, 5.74) is 1.55. The summed E-state index contributed by atoms with van der Waals surface area (Å²) in [4.78, 5) is 36.2. The molecule has 0 radical (unpaired) electrons. The Labute approximate surface area is 140 Å². The van der Waals surface area contributed by atoms with Crippen LogP contribution in [0.2, 0.25) is 0 Å². The zero-order valence-corrected chi connectivity index (χ0v) is 14.3. The van der Waals surface area contributed by atoms with Crippen molar-refractivity contribution in [1.29, 1.82) is 0 Å². The van der Waals surface area contributed by atoms with Crippen LogP contribution in [0.4, 0.5) is 0 Å². The Morgan fingerprint density at radius 1 is 1.12 bits per heavy atom. The van der Waals surface area contributed by atoms with E-state index in [1.54, 1.807) is 16.1 Å². The fraction of sp³-hybridized carbons (Fsp3) is 0.471. The molecular weight excluding hydrogens is 308 g/mol. The lowest BCUT2D eigenvalue weighted by Crippen LogP contribution is -2.45. The largest absolute Gasteiger partial charge is 0.355 e. The van der Waals surface area contributed by atoms with E-state index < -0.39 is 6.04 Å². The maximum absolute atomic E-state index is 12.5. The second-order valence-electron chi connectivity index (χ2n) is 5.60. The molecule has 7 heteroatoms. The number of fused-ring (bicyclic) bond motifs is 1. The summed E-state index contributed by atoms with van der Waals surface area (Å²) >= 11 is 0. The molecule has 0 aliphatic heterocycles. The van der Waals surface area contributed by atoms with Gasteiger partial charge < -0.3 is 10.6 Å². The number of carbonyl (C=O) groups is 2. The van der Waals surface area contributed by atoms with Gasteiger partial charge in [0.25, 0.3) is 0 Å². The third-order valence-corrected chi connectivity index (χ3v) is 3.93. The molecule has 1 atom stereocenters. The normalized spacial score (nSPS) is 12.1. The van der Waals surface area contributed by atoms with Crippen LogP contribution in [0.15, 0.2) is 29.1 Å². The van der Waals surface area contributed by atoms with Crippen LogP contribution >= 0.6 is 0 Å². The van der Waals surface area contributed by atoms with Crippen LogP contribution in [-0.2, 0) is 22.7 Å². The molecule has 24 heavy (non-hydrogen) atoms. The number of benzene rings is 1. The third-order valence-electron chi connectivity index (χ3n) is 3.93. The molecule has 1 unspecified atom stereocenters. The summed E-state index contributed by atoms with van der Waals surface area (Å²) in [6.07, 6.45) is 0.140. The number of amides is 2. The van der Waals surface area contributed by atoms with Crippen molar-refractivity contribution in [3.63, 3.8) is 0 Å². The Hall–Kier alpha value is -2.57. The quantitative estimate of drug-likeness (QED) is 0.788. The van der Waals surface area contributed by atoms with Gasteiger partial charge in [0, 0.05) is 26.1 Å². The molecule has 1 heterocycles. The average molecular weight is 332 g/mol. The van der Waals surface area contributed by atoms with Gasteiger partial charge in [-0.05, 0) is 32.9 Å². The number of imidazole rings is 1. The molecule has 0 spiro atoms. The molecule has 0 saturated carbocycles. The van der Waals surface area contributed by atoms with Crippen molar-refractivity contribution in [2.45, 2.75) is 46.3 Å². The first kappa shape index (κ1) is 17.8. The summed E-state index contributed by atoms with van der Waals surface area (Å²) < 4.78 is 3.29. The van der Waals surface area contributed by atoms with Gasteiger partial charge in [-0.1, -0.05) is 12.1 Å². The van der Waals surface area contributed by atoms with Gasteiger partial charge in [0.15, 0.2) is 0 Å². The van der Waals surface area contributed by atoms with Gasteiger partial charge >= 0.3 is 5.69 Å². The molecule has 2 rings (SSSR count). The van der Waals surface area contributed by atoms with Gasteiger partial charge in [0.05, 0.1) is 11.0 Å². The molecule has 1 aromatic carbocycles. The zero-order chi connectivity index (χ0) is 17.7. The number of hydrogen-bond donors (Lipinski definition) is 2. The molecule has 2 amide bonds. The lowest BCUT2D eigenvalue weighted by Gasteiger charge is -2.13. The summed E-state index contributed by atoms with van der Waals surface area (Å²) in [5.74, 6) is -0.473. The molecule has 0 fully saturated rings. The molecule has 0 aliphatic carbocycles. The Balaban J connectivity index is 2.08. The molecule has 0 saturated heterocycles. The van der Waals surface area contributed by atoms with Crippen LogP contribution < -0.4 is 16.3 Å². The number of aryl methyl sites for hydroxylation is 2. The second-order valence-corrected chi connectivity index (χ2v) is 5.60. The van der Waals surface area contributed by atoms with Crippen LogP contribution in [0.1, 0.15) is 27.2 Å². The maximum atomic E-state index is 12.5. The molecule has 0 aliphatic rings. The van der Waals surface area contributed by atoms with E-state index in [0.29, 0.717) is 13.1 Å². The van der Waals surface area contributed by atoms with E-state index in [4.69, 9.17) is 0 Å². The lowest BCUT2D eigenvalue weighted by molar-refractivity contribution is -0.128. The van der Waals surface area contributed by atoms with Crippen molar-refractivity contribution in [2.75, 3.05) is 6.54 Å². The fourth-order valence-corrected chi connectivity index (χ4v) is 2.71. The van der Waals surface area contributed by atoms with Crippen LogP contribution in [0, 0.1) is 0 Å². The van der Waals surface area contributed by atoms with Crippen molar-refractivity contribution in [3.8, 4) is 0 Å². The smallest absolute Gasteiger partial charge is 0.329 e. The van der Waals surface area contributed by atoms with Gasteiger partial charge in [0.1, 0.15) is 6.04 Å². The standard InChI is InChI=1S/C17H24N4O3/c1-4-18-16(23)12(3)19-15(22)10-11-21-14-9-7-6-8-13(14)20(5-2)17(21)24/h6-9,12H,4-5,10-11H2,1-3H3,(H,18,23)(H,19,22). The second kappa shape index (κ2) is 7.81. The predicted molar refractivity (Wildman–Crippen MR) is 92.8 cm³/mol. The summed E-state index contributed by atoms with van der Waals surface area (Å²) in [6, 6.07) is 6.94. The molecule has 0 bridgehead atoms. The highest BCUT2D eigenvalue weighted by atomic mass is 16.2. The van der Waals surface area contributed by atoms with E-state index in [9.17, 15) is 14.4 Å². The van der Waals surface area contributed by atoms with Crippen LogP contribution in [-0.4, -0.2) is 33.5 Å². The lowest BCUT2D eigenvalue weighted by atomic mass is 10.2. The minimum Gasteiger partial charge on any atom is -0.355 e. The monoisotopic (exact) mass is 332 g/mol. The van der Waals surface area contributed by atoms with Crippen LogP contribution in [0.25, 0.3) is 11.0 Å². The number of carbonyl (C=O) groups excluding carboxylic acids is 2. The number of rotatable bonds is 7. The number of nitrogens with zero attached hydrogens (tertiary/aromatic N) is 2. The summed E-state index contributed by atoms with van der Waals surface area (Å²) in [5, 5.41) is 5.31. The number of para-hydroxylation sites is 2. The van der Waals surface area contributed by atoms with Gasteiger partial charge in [-0.15, -0.1) is 0 Å². The fourth-order valence-electron chi connectivity index (χ4n) is 2.71. The highest BCUT2D eigenvalue weighted by molar-refractivity contribution is 5.87. The van der Waals surface area contributed by atoms with Crippen molar-refractivity contribution >= 4 is 22.8 Å². The third kappa shape index (κ3) is 3.67. The van der Waals surface area contributed by atoms with Crippen molar-refractivity contribution in [3.05, 3.63) is 34.7 Å². The van der Waals surface area contributed by atoms with Crippen LogP contribution in [0.3, 0.4) is 0 Å². The summed E-state index contributed by atoms with van der Waals surface area (Å²) in [6.45, 7) is 6.75. The topological polar surface area (TPSA) is 85.1 Å². The first-order valence-corrected chi connectivity index (χ1v) is 8.24. The molecule has 7 nitrogen and oxygen atoms in total. The van der Waals surface area contributed by atoms with Crippen molar-refractivity contribution in [2.24, 2.45) is 0 Å². The highest BCUT2D eigenvalue weighted by Crippen LogP contribution is 2.12. The van der Waals surface area contributed by atoms with E-state index in [1.165, 1.54) is 0 Å². The van der Waals surface area contributed by atoms with E-state index >= 15 is 0 Å². The molecule has 2 aromatic rings. The Morgan fingerprint density at radius 2 is 1.75 bits per heavy atom. The SMILES string of the molecule is CCNC(=O)C(C)NC(=O)CCn1c(=O)n(CC)c2ccccc21. The predicted octanol–water partition coefficient (Wildman–Crippen LogP) is 0.854. The van der Waals surface area contributed by atoms with Crippen molar-refractivity contribution in [1.82, 2.24) is 19.8 Å². The number of hydrogen-bond acceptors (Lipinski definition) is 3. The Kier molecular flexibility index (Phi) is 5.78. The highest BCUT2D eigenvalue weighted by Gasteiger charge is 2.16. The van der Waals surface area contributed by atoms with Gasteiger partial charge in [-0.25, -0.2) is 4.79 Å². The molecule has 1 aromatic heterocycles. The van der Waals surface area contributed by atoms with Gasteiger partial charge in [-0.3, -0.25) is 18.7 Å². The van der Waals surface area contributed by atoms with Crippen LogP contribution in [0.5, 0.6) is 0 Å². The molecular formula is C17H24N4O3. The number of aromatic nitrogens is 2. The first-order chi connectivity index (χ1) is 11.5. The molecule has 2 N–H and O–H groups in total. The van der Waals surface area contributed by atoms with Gasteiger partial charge in [0.2, 0.25) is 11.8 Å². The minimum absolute atomic E-state index is 0.122. The van der Waals surface area contributed by atoms with Gasteiger partial charge in [-0.2, -0.15) is 0 Å². The Bertz CT molecular complexity index is 791. The number of likely N-dealkylation sites (N-methyl/N-ethyl adjacent to an activating group) is 1. The van der Waals surface area contributed by atoms with E-state index in [2.05, 4.69) is 10.6 Å². The van der Waals surface area contributed by atoms with E-state index in [1.807, 2.05) is 38.1 Å². The number of nitrogens with one attached hydrogen (secondary N) is 2. The zero-order valence-electron chi connectivity index (χ0n) is 14.3. The average Bonchev–Trinajstić information content (AvgIpc) is 2.84. The molecule has 130 valence electrons. The van der Waals surface area contributed by atoms with E-state index in [-0.39, 0.29) is 30.5 Å². The van der Waals surface area contributed by atoms with Crippen molar-refractivity contribution < 1.29 is 9.59 Å². The maximum Gasteiger partial charge on any atom is 0.329 e.